The van der Waals surface area contributed by atoms with Crippen molar-refractivity contribution in [3.05, 3.63) is 59.4 Å². The predicted molar refractivity (Wildman–Crippen MR) is 80.5 cm³/mol. The molecular weight excluding hydrogens is 265 g/mol. The molecule has 1 saturated heterocycles. The largest absolute Gasteiger partial charge is 0.298 e. The van der Waals surface area contributed by atoms with Crippen molar-refractivity contribution < 1.29 is 4.39 Å². The number of aromatic nitrogens is 2. The van der Waals surface area contributed by atoms with E-state index in [1.54, 1.807) is 18.3 Å². The molecule has 0 spiro atoms. The first-order chi connectivity index (χ1) is 10.2. The zero-order chi connectivity index (χ0) is 14.7. The Morgan fingerprint density at radius 3 is 2.76 bits per heavy atom. The van der Waals surface area contributed by atoms with Gasteiger partial charge in [0, 0.05) is 18.8 Å². The molecule has 4 heteroatoms. The van der Waals surface area contributed by atoms with Crippen molar-refractivity contribution in [3.63, 3.8) is 0 Å². The molecule has 0 saturated carbocycles. The molecule has 1 fully saturated rings. The van der Waals surface area contributed by atoms with E-state index in [9.17, 15) is 4.39 Å². The summed E-state index contributed by atoms with van der Waals surface area (Å²) in [6.45, 7) is 1.12. The van der Waals surface area contributed by atoms with Crippen LogP contribution in [0.5, 0.6) is 0 Å². The Morgan fingerprint density at radius 1 is 1.19 bits per heavy atom. The first-order valence-corrected chi connectivity index (χ1v) is 7.48. The lowest BCUT2D eigenvalue weighted by Crippen LogP contribution is -2.30. The van der Waals surface area contributed by atoms with Gasteiger partial charge < -0.3 is 0 Å². The highest BCUT2D eigenvalue weighted by atomic mass is 19.1. The molecule has 1 aromatic heterocycles. The van der Waals surface area contributed by atoms with Crippen molar-refractivity contribution in [3.8, 4) is 0 Å². The van der Waals surface area contributed by atoms with Crippen LogP contribution in [-0.2, 0) is 6.42 Å². The first-order valence-electron chi connectivity index (χ1n) is 7.48. The first kappa shape index (κ1) is 14.1. The fraction of sp³-hybridized carbons (Fsp3) is 0.412. The van der Waals surface area contributed by atoms with E-state index in [0.717, 1.165) is 29.9 Å². The smallest absolute Gasteiger partial charge is 0.123 e. The number of halogens is 1. The molecule has 0 bridgehead atoms. The highest BCUT2D eigenvalue weighted by Crippen LogP contribution is 2.27. The number of nitrogens with zero attached hydrogens (tertiary/aromatic N) is 3. The highest BCUT2D eigenvalue weighted by Gasteiger charge is 2.22. The molecule has 2 aromatic rings. The van der Waals surface area contributed by atoms with Gasteiger partial charge in [-0.05, 0) is 44.1 Å². The van der Waals surface area contributed by atoms with E-state index in [1.807, 2.05) is 6.20 Å². The van der Waals surface area contributed by atoms with Crippen LogP contribution in [-0.4, -0.2) is 28.5 Å². The minimum absolute atomic E-state index is 0.206. The van der Waals surface area contributed by atoms with E-state index in [-0.39, 0.29) is 5.82 Å². The normalized spacial score (nSPS) is 19.6. The summed E-state index contributed by atoms with van der Waals surface area (Å²) in [7, 11) is 2.15. The van der Waals surface area contributed by atoms with Gasteiger partial charge in [-0.25, -0.2) is 4.39 Å². The van der Waals surface area contributed by atoms with Gasteiger partial charge >= 0.3 is 0 Å². The van der Waals surface area contributed by atoms with Crippen molar-refractivity contribution >= 4 is 0 Å². The van der Waals surface area contributed by atoms with E-state index in [1.165, 1.54) is 25.0 Å². The zero-order valence-corrected chi connectivity index (χ0v) is 12.3. The summed E-state index contributed by atoms with van der Waals surface area (Å²) in [5.74, 6) is -0.206. The zero-order valence-electron chi connectivity index (χ0n) is 12.3. The summed E-state index contributed by atoms with van der Waals surface area (Å²) in [5.41, 5.74) is 3.05. The highest BCUT2D eigenvalue weighted by molar-refractivity contribution is 5.22. The standard InChI is InChI=1S/C17H20FN3/c1-21-9-3-2-4-17(21)16-12-19-11-15(20-16)10-13-5-7-14(18)8-6-13/h5-8,11-12,17H,2-4,9-10H2,1H3/t17-/m0/s1. The van der Waals surface area contributed by atoms with Gasteiger partial charge in [-0.15, -0.1) is 0 Å². The molecule has 1 aliphatic heterocycles. The van der Waals surface area contributed by atoms with Gasteiger partial charge in [0.1, 0.15) is 5.82 Å². The second kappa shape index (κ2) is 6.31. The average Bonchev–Trinajstić information content (AvgIpc) is 2.50. The van der Waals surface area contributed by atoms with Gasteiger partial charge in [0.25, 0.3) is 0 Å². The SMILES string of the molecule is CN1CCCC[C@H]1c1cncc(Cc2ccc(F)cc2)n1. The summed E-state index contributed by atoms with van der Waals surface area (Å²) in [5, 5.41) is 0. The quantitative estimate of drug-likeness (QED) is 0.866. The Morgan fingerprint density at radius 2 is 2.00 bits per heavy atom. The van der Waals surface area contributed by atoms with E-state index in [0.29, 0.717) is 12.5 Å². The molecule has 0 radical (unpaired) electrons. The fourth-order valence-corrected chi connectivity index (χ4v) is 2.93. The lowest BCUT2D eigenvalue weighted by molar-refractivity contribution is 0.183. The van der Waals surface area contributed by atoms with Crippen LogP contribution in [0, 0.1) is 5.82 Å². The number of rotatable bonds is 3. The molecule has 3 nitrogen and oxygen atoms in total. The molecule has 0 aliphatic carbocycles. The number of benzene rings is 1. The van der Waals surface area contributed by atoms with E-state index in [4.69, 9.17) is 4.98 Å². The fourth-order valence-electron chi connectivity index (χ4n) is 2.93. The Balaban J connectivity index is 1.78. The number of likely N-dealkylation sites (tertiary alicyclic amines) is 1. The summed E-state index contributed by atoms with van der Waals surface area (Å²) in [6, 6.07) is 6.95. The summed E-state index contributed by atoms with van der Waals surface area (Å²) in [4.78, 5) is 11.5. The minimum atomic E-state index is -0.206. The Bertz CT molecular complexity index is 597. The molecule has 3 rings (SSSR count). The van der Waals surface area contributed by atoms with Crippen LogP contribution in [0.4, 0.5) is 4.39 Å². The van der Waals surface area contributed by atoms with Crippen molar-refractivity contribution in [2.75, 3.05) is 13.6 Å². The van der Waals surface area contributed by atoms with Gasteiger partial charge in [-0.1, -0.05) is 18.6 Å². The lowest BCUT2D eigenvalue weighted by atomic mass is 10.00. The van der Waals surface area contributed by atoms with Crippen LogP contribution in [0.25, 0.3) is 0 Å². The molecule has 0 amide bonds. The summed E-state index contributed by atoms with van der Waals surface area (Å²) in [6.07, 6.45) is 8.02. The summed E-state index contributed by atoms with van der Waals surface area (Å²) < 4.78 is 12.9. The van der Waals surface area contributed by atoms with Gasteiger partial charge in [0.05, 0.1) is 17.4 Å². The molecule has 1 aromatic carbocycles. The number of hydrogen-bond acceptors (Lipinski definition) is 3. The molecule has 1 aliphatic rings. The van der Waals surface area contributed by atoms with Crippen LogP contribution in [0.2, 0.25) is 0 Å². The predicted octanol–water partition coefficient (Wildman–Crippen LogP) is 3.36. The molecule has 0 N–H and O–H groups in total. The second-order valence-corrected chi connectivity index (χ2v) is 5.73. The van der Waals surface area contributed by atoms with Gasteiger partial charge in [-0.3, -0.25) is 14.9 Å². The second-order valence-electron chi connectivity index (χ2n) is 5.73. The maximum Gasteiger partial charge on any atom is 0.123 e. The number of piperidine rings is 1. The van der Waals surface area contributed by atoms with Gasteiger partial charge in [0.15, 0.2) is 0 Å². The Hall–Kier alpha value is -1.81. The van der Waals surface area contributed by atoms with Crippen molar-refractivity contribution in [1.29, 1.82) is 0 Å². The van der Waals surface area contributed by atoms with Crippen LogP contribution in [0.15, 0.2) is 36.7 Å². The molecule has 21 heavy (non-hydrogen) atoms. The van der Waals surface area contributed by atoms with Crippen molar-refractivity contribution in [2.45, 2.75) is 31.7 Å². The number of hydrogen-bond donors (Lipinski definition) is 0. The monoisotopic (exact) mass is 285 g/mol. The lowest BCUT2D eigenvalue weighted by Gasteiger charge is -2.31. The van der Waals surface area contributed by atoms with Crippen LogP contribution >= 0.6 is 0 Å². The molecule has 110 valence electrons. The van der Waals surface area contributed by atoms with E-state index >= 15 is 0 Å². The maximum absolute atomic E-state index is 12.9. The van der Waals surface area contributed by atoms with Crippen LogP contribution in [0.3, 0.4) is 0 Å². The van der Waals surface area contributed by atoms with Gasteiger partial charge in [-0.2, -0.15) is 0 Å². The minimum Gasteiger partial charge on any atom is -0.298 e. The molecule has 1 atom stereocenters. The third-order valence-electron chi connectivity index (χ3n) is 4.11. The maximum atomic E-state index is 12.9. The van der Waals surface area contributed by atoms with E-state index < -0.39 is 0 Å². The average molecular weight is 285 g/mol. The summed E-state index contributed by atoms with van der Waals surface area (Å²) >= 11 is 0. The van der Waals surface area contributed by atoms with E-state index in [2.05, 4.69) is 16.9 Å². The van der Waals surface area contributed by atoms with Crippen molar-refractivity contribution in [1.82, 2.24) is 14.9 Å². The molecular formula is C17H20FN3. The third kappa shape index (κ3) is 3.45. The van der Waals surface area contributed by atoms with Gasteiger partial charge in [0.2, 0.25) is 0 Å². The van der Waals surface area contributed by atoms with Crippen molar-refractivity contribution in [2.24, 2.45) is 0 Å². The topological polar surface area (TPSA) is 29.0 Å². The third-order valence-corrected chi connectivity index (χ3v) is 4.11. The van der Waals surface area contributed by atoms with Crippen LogP contribution < -0.4 is 0 Å². The molecule has 2 heterocycles. The van der Waals surface area contributed by atoms with Crippen LogP contribution in [0.1, 0.15) is 42.3 Å². The Labute approximate surface area is 124 Å². The Kier molecular flexibility index (Phi) is 4.25. The molecule has 0 unspecified atom stereocenters.